The fourth-order valence-corrected chi connectivity index (χ4v) is 2.21. The van der Waals surface area contributed by atoms with E-state index in [1.54, 1.807) is 24.3 Å². The van der Waals surface area contributed by atoms with E-state index in [-0.39, 0.29) is 18.7 Å². The Morgan fingerprint density at radius 3 is 2.79 bits per heavy atom. The minimum Gasteiger partial charge on any atom is -0.448 e. The van der Waals surface area contributed by atoms with Crippen molar-refractivity contribution < 1.29 is 26.7 Å². The van der Waals surface area contributed by atoms with Crippen molar-refractivity contribution in [2.24, 2.45) is 0 Å². The van der Waals surface area contributed by atoms with Gasteiger partial charge in [0.15, 0.2) is 0 Å². The maximum Gasteiger partial charge on any atom is 0.330 e. The SMILES string of the molecule is O=c1c2oc3ccccc3c2ncn1CCOCC(F)(F)C(F)F. The monoisotopic (exact) mass is 344 g/mol. The van der Waals surface area contributed by atoms with Crippen LogP contribution in [0.4, 0.5) is 17.6 Å². The number of furan rings is 1. The van der Waals surface area contributed by atoms with Crippen LogP contribution in [0.1, 0.15) is 0 Å². The first-order valence-electron chi connectivity index (χ1n) is 7.00. The third-order valence-electron chi connectivity index (χ3n) is 3.44. The molecule has 0 spiro atoms. The second kappa shape index (κ2) is 6.23. The van der Waals surface area contributed by atoms with Crippen LogP contribution in [0.15, 0.2) is 39.8 Å². The van der Waals surface area contributed by atoms with Crippen LogP contribution < -0.4 is 5.56 Å². The third kappa shape index (κ3) is 2.99. The quantitative estimate of drug-likeness (QED) is 0.509. The molecule has 0 bridgehead atoms. The summed E-state index contributed by atoms with van der Waals surface area (Å²) in [5.74, 6) is -4.22. The van der Waals surface area contributed by atoms with Crippen molar-refractivity contribution in [1.29, 1.82) is 0 Å². The maximum atomic E-state index is 12.7. The Balaban J connectivity index is 1.75. The Kier molecular flexibility index (Phi) is 4.27. The van der Waals surface area contributed by atoms with Crippen molar-refractivity contribution in [3.8, 4) is 0 Å². The van der Waals surface area contributed by atoms with Gasteiger partial charge in [0.25, 0.3) is 5.56 Å². The van der Waals surface area contributed by atoms with Crippen LogP contribution in [0.25, 0.3) is 22.1 Å². The first-order valence-corrected chi connectivity index (χ1v) is 7.00. The second-order valence-electron chi connectivity index (χ2n) is 5.13. The number of fused-ring (bicyclic) bond motifs is 3. The van der Waals surface area contributed by atoms with Crippen LogP contribution >= 0.6 is 0 Å². The number of para-hydroxylation sites is 1. The molecule has 0 amide bonds. The minimum absolute atomic E-state index is 0.0385. The molecule has 0 radical (unpaired) electrons. The van der Waals surface area contributed by atoms with Crippen molar-refractivity contribution in [2.75, 3.05) is 13.2 Å². The molecule has 0 fully saturated rings. The van der Waals surface area contributed by atoms with Gasteiger partial charge >= 0.3 is 12.3 Å². The zero-order valence-electron chi connectivity index (χ0n) is 12.2. The number of aromatic nitrogens is 2. The third-order valence-corrected chi connectivity index (χ3v) is 3.44. The second-order valence-corrected chi connectivity index (χ2v) is 5.13. The molecule has 0 saturated heterocycles. The molecule has 0 saturated carbocycles. The largest absolute Gasteiger partial charge is 0.448 e. The molecule has 24 heavy (non-hydrogen) atoms. The van der Waals surface area contributed by atoms with Crippen molar-refractivity contribution in [3.63, 3.8) is 0 Å². The standard InChI is InChI=1S/C15H12F4N2O3/c16-14(17)15(18,19)7-23-6-5-21-8-20-11-9-3-1-2-4-10(9)24-12(11)13(21)22/h1-4,8,14H,5-7H2. The number of nitrogens with zero attached hydrogens (tertiary/aromatic N) is 2. The molecule has 0 unspecified atom stereocenters. The molecule has 0 atom stereocenters. The summed E-state index contributed by atoms with van der Waals surface area (Å²) >= 11 is 0. The highest BCUT2D eigenvalue weighted by Crippen LogP contribution is 2.24. The van der Waals surface area contributed by atoms with Crippen molar-refractivity contribution in [3.05, 3.63) is 40.9 Å². The lowest BCUT2D eigenvalue weighted by molar-refractivity contribution is -0.166. The number of ether oxygens (including phenoxy) is 1. The number of hydrogen-bond acceptors (Lipinski definition) is 4. The van der Waals surface area contributed by atoms with E-state index in [4.69, 9.17) is 4.42 Å². The topological polar surface area (TPSA) is 57.3 Å². The summed E-state index contributed by atoms with van der Waals surface area (Å²) in [5.41, 5.74) is 0.441. The van der Waals surface area contributed by atoms with Gasteiger partial charge in [0.2, 0.25) is 5.58 Å². The molecule has 0 aliphatic carbocycles. The predicted molar refractivity (Wildman–Crippen MR) is 77.5 cm³/mol. The molecule has 3 rings (SSSR count). The number of alkyl halides is 4. The summed E-state index contributed by atoms with van der Waals surface area (Å²) in [5, 5.41) is 0.685. The van der Waals surface area contributed by atoms with Gasteiger partial charge in [-0.3, -0.25) is 9.36 Å². The van der Waals surface area contributed by atoms with Crippen LogP contribution in [-0.4, -0.2) is 35.1 Å². The lowest BCUT2D eigenvalue weighted by Gasteiger charge is -2.15. The summed E-state index contributed by atoms with van der Waals surface area (Å²) in [6.07, 6.45) is -2.56. The zero-order chi connectivity index (χ0) is 17.3. The fourth-order valence-electron chi connectivity index (χ4n) is 2.21. The van der Waals surface area contributed by atoms with E-state index < -0.39 is 24.5 Å². The van der Waals surface area contributed by atoms with Crippen LogP contribution in [0.5, 0.6) is 0 Å². The van der Waals surface area contributed by atoms with Gasteiger partial charge in [-0.2, -0.15) is 8.78 Å². The molecular formula is C15H12F4N2O3. The molecule has 0 aliphatic rings. The lowest BCUT2D eigenvalue weighted by Crippen LogP contribution is -2.33. The van der Waals surface area contributed by atoms with Gasteiger partial charge in [-0.25, -0.2) is 13.8 Å². The van der Waals surface area contributed by atoms with Gasteiger partial charge < -0.3 is 9.15 Å². The van der Waals surface area contributed by atoms with Crippen LogP contribution in [0.3, 0.4) is 0 Å². The Bertz CT molecular complexity index is 920. The predicted octanol–water partition coefficient (Wildman–Crippen LogP) is 3.06. The van der Waals surface area contributed by atoms with Gasteiger partial charge in [0.1, 0.15) is 17.7 Å². The summed E-state index contributed by atoms with van der Waals surface area (Å²) in [4.78, 5) is 16.4. The molecule has 9 heteroatoms. The van der Waals surface area contributed by atoms with E-state index in [9.17, 15) is 22.4 Å². The summed E-state index contributed by atoms with van der Waals surface area (Å²) in [6.45, 7) is -1.87. The average Bonchev–Trinajstić information content (AvgIpc) is 2.93. The molecule has 5 nitrogen and oxygen atoms in total. The first kappa shape index (κ1) is 16.4. The normalized spacial score (nSPS) is 12.5. The smallest absolute Gasteiger partial charge is 0.330 e. The Morgan fingerprint density at radius 2 is 2.04 bits per heavy atom. The molecule has 2 heterocycles. The molecular weight excluding hydrogens is 332 g/mol. The van der Waals surface area contributed by atoms with E-state index in [2.05, 4.69) is 9.72 Å². The van der Waals surface area contributed by atoms with E-state index in [0.29, 0.717) is 16.5 Å². The minimum atomic E-state index is -4.22. The summed E-state index contributed by atoms with van der Waals surface area (Å²) in [7, 11) is 0. The van der Waals surface area contributed by atoms with Crippen molar-refractivity contribution in [1.82, 2.24) is 9.55 Å². The van der Waals surface area contributed by atoms with E-state index >= 15 is 0 Å². The highest BCUT2D eigenvalue weighted by Gasteiger charge is 2.40. The van der Waals surface area contributed by atoms with Crippen LogP contribution in [-0.2, 0) is 11.3 Å². The van der Waals surface area contributed by atoms with Gasteiger partial charge in [0, 0.05) is 5.39 Å². The Morgan fingerprint density at radius 1 is 1.29 bits per heavy atom. The molecule has 128 valence electrons. The van der Waals surface area contributed by atoms with Gasteiger partial charge in [-0.05, 0) is 12.1 Å². The number of halogens is 4. The maximum absolute atomic E-state index is 12.7. The number of rotatable bonds is 6. The van der Waals surface area contributed by atoms with Gasteiger partial charge in [-0.1, -0.05) is 12.1 Å². The first-order chi connectivity index (χ1) is 11.4. The highest BCUT2D eigenvalue weighted by atomic mass is 19.3. The average molecular weight is 344 g/mol. The molecule has 0 aliphatic heterocycles. The van der Waals surface area contributed by atoms with E-state index in [1.165, 1.54) is 6.33 Å². The fraction of sp³-hybridized carbons (Fsp3) is 0.333. The lowest BCUT2D eigenvalue weighted by atomic mass is 10.2. The van der Waals surface area contributed by atoms with Crippen LogP contribution in [0.2, 0.25) is 0 Å². The van der Waals surface area contributed by atoms with E-state index in [0.717, 1.165) is 4.57 Å². The van der Waals surface area contributed by atoms with Gasteiger partial charge in [-0.15, -0.1) is 0 Å². The molecule has 3 aromatic rings. The zero-order valence-corrected chi connectivity index (χ0v) is 12.2. The van der Waals surface area contributed by atoms with E-state index in [1.807, 2.05) is 0 Å². The Labute approximate surface area is 132 Å². The van der Waals surface area contributed by atoms with Gasteiger partial charge in [0.05, 0.1) is 19.5 Å². The molecule has 2 aromatic heterocycles. The molecule has 1 aromatic carbocycles. The molecule has 0 N–H and O–H groups in total. The highest BCUT2D eigenvalue weighted by molar-refractivity contribution is 6.01. The van der Waals surface area contributed by atoms with Crippen molar-refractivity contribution in [2.45, 2.75) is 18.9 Å². The summed E-state index contributed by atoms with van der Waals surface area (Å²) < 4.78 is 60.5. The van der Waals surface area contributed by atoms with Crippen LogP contribution in [0, 0.1) is 0 Å². The number of hydrogen-bond donors (Lipinski definition) is 0. The van der Waals surface area contributed by atoms with Crippen molar-refractivity contribution >= 4 is 22.1 Å². The summed E-state index contributed by atoms with van der Waals surface area (Å²) in [6, 6.07) is 6.98. The number of benzene rings is 1. The Hall–Kier alpha value is -2.42.